The summed E-state index contributed by atoms with van der Waals surface area (Å²) in [6.45, 7) is 6.16. The zero-order valence-electron chi connectivity index (χ0n) is 44.4. The van der Waals surface area contributed by atoms with Crippen LogP contribution >= 0.6 is 0 Å². The fourth-order valence-corrected chi connectivity index (χ4v) is 12.9. The van der Waals surface area contributed by atoms with Crippen LogP contribution in [-0.4, -0.2) is 124 Å². The second-order valence-electron chi connectivity index (χ2n) is 21.8. The number of amides is 5. The van der Waals surface area contributed by atoms with E-state index in [4.69, 9.17) is 5.73 Å². The Bertz CT molecular complexity index is 2920. The predicted molar refractivity (Wildman–Crippen MR) is 268 cm³/mol. The fraction of sp³-hybridized carbons (Fsp3) is 0.500. The Labute approximate surface area is 454 Å². The summed E-state index contributed by atoms with van der Waals surface area (Å²) in [5.74, 6) is -3.96. The molecule has 24 heteroatoms. The van der Waals surface area contributed by atoms with E-state index in [1.54, 1.807) is 59.2 Å². The monoisotopic (exact) mass is 1140 g/mol. The first-order valence-corrected chi connectivity index (χ1v) is 25.9. The lowest BCUT2D eigenvalue weighted by molar-refractivity contribution is -0.147. The molecule has 4 heterocycles. The Morgan fingerprint density at radius 2 is 0.988 bits per heavy atom. The molecule has 0 spiro atoms. The van der Waals surface area contributed by atoms with E-state index < -0.39 is 143 Å². The largest absolute Gasteiger partial charge is 0.480 e. The fourth-order valence-electron chi connectivity index (χ4n) is 12.9. The van der Waals surface area contributed by atoms with Gasteiger partial charge in [-0.05, 0) is 122 Å². The van der Waals surface area contributed by atoms with E-state index in [2.05, 4.69) is 0 Å². The minimum atomic E-state index is -5.15. The summed E-state index contributed by atoms with van der Waals surface area (Å²) < 4.78 is 168. The second-order valence-corrected chi connectivity index (χ2v) is 21.8. The molecule has 0 bridgehead atoms. The Morgan fingerprint density at radius 3 is 1.38 bits per heavy atom. The molecule has 4 aromatic rings. The number of carboxylic acids is 1. The van der Waals surface area contributed by atoms with Gasteiger partial charge in [0.1, 0.15) is 6.04 Å². The number of urea groups is 2. The van der Waals surface area contributed by atoms with Gasteiger partial charge in [0.05, 0.1) is 53.0 Å². The minimum absolute atomic E-state index is 0.00325. The molecular weight excluding hydrogens is 1080 g/mol. The molecule has 4 aliphatic rings. The maximum atomic E-state index is 14.9. The number of piperidine rings is 2. The number of alkyl halides is 12. The van der Waals surface area contributed by atoms with Crippen LogP contribution in [0.3, 0.4) is 0 Å². The van der Waals surface area contributed by atoms with E-state index in [9.17, 15) is 77.0 Å². The van der Waals surface area contributed by atoms with Gasteiger partial charge in [0.15, 0.2) is 0 Å². The van der Waals surface area contributed by atoms with Gasteiger partial charge >= 0.3 is 42.7 Å². The van der Waals surface area contributed by atoms with Crippen molar-refractivity contribution in [2.75, 3.05) is 53.4 Å². The van der Waals surface area contributed by atoms with Gasteiger partial charge < -0.3 is 30.4 Å². The van der Waals surface area contributed by atoms with Gasteiger partial charge in [0, 0.05) is 64.7 Å². The van der Waals surface area contributed by atoms with Crippen molar-refractivity contribution in [3.8, 4) is 0 Å². The number of halogens is 12. The maximum Gasteiger partial charge on any atom is 0.416 e. The summed E-state index contributed by atoms with van der Waals surface area (Å²) >= 11 is 0. The van der Waals surface area contributed by atoms with Crippen LogP contribution in [0.1, 0.15) is 106 Å². The van der Waals surface area contributed by atoms with Crippen LogP contribution in [-0.2, 0) is 34.3 Å². The molecule has 5 amide bonds. The number of rotatable bonds is 11. The molecule has 80 heavy (non-hydrogen) atoms. The molecule has 4 aromatic carbocycles. The van der Waals surface area contributed by atoms with Crippen molar-refractivity contribution in [3.05, 3.63) is 141 Å². The molecule has 2 unspecified atom stereocenters. The number of likely N-dealkylation sites (tertiary alicyclic amines) is 4. The lowest BCUT2D eigenvalue weighted by atomic mass is 9.74. The van der Waals surface area contributed by atoms with Crippen molar-refractivity contribution < 1.29 is 77.0 Å². The lowest BCUT2D eigenvalue weighted by Crippen LogP contribution is -2.58. The normalized spacial score (nSPS) is 24.2. The number of hydrogen-bond donors (Lipinski definition) is 2. The summed E-state index contributed by atoms with van der Waals surface area (Å²) in [4.78, 5) is 65.4. The second kappa shape index (κ2) is 22.1. The highest BCUT2D eigenvalue weighted by Gasteiger charge is 2.58. The first-order chi connectivity index (χ1) is 37.2. The van der Waals surface area contributed by atoms with Crippen molar-refractivity contribution in [3.63, 3.8) is 0 Å². The van der Waals surface area contributed by atoms with Gasteiger partial charge in [-0.3, -0.25) is 19.4 Å². The number of primary amides is 1. The zero-order chi connectivity index (χ0) is 58.9. The molecular formula is C56H61F12N7O5. The molecule has 4 fully saturated rings. The summed E-state index contributed by atoms with van der Waals surface area (Å²) in [6.07, 6.45) is -20.1. The number of fused-ring (bicyclic) bond motifs is 2. The van der Waals surface area contributed by atoms with Gasteiger partial charge in [0.2, 0.25) is 5.91 Å². The lowest BCUT2D eigenvalue weighted by Gasteiger charge is -2.47. The Morgan fingerprint density at radius 1 is 0.588 bits per heavy atom. The average Bonchev–Trinajstić information content (AvgIpc) is 3.96. The first kappa shape index (κ1) is 59.6. The summed E-state index contributed by atoms with van der Waals surface area (Å²) in [7, 11) is 2.56. The van der Waals surface area contributed by atoms with Crippen molar-refractivity contribution in [1.29, 1.82) is 0 Å². The van der Waals surface area contributed by atoms with E-state index in [0.29, 0.717) is 47.4 Å². The van der Waals surface area contributed by atoms with Crippen molar-refractivity contribution in [2.24, 2.45) is 29.4 Å². The number of nitrogens with two attached hydrogens (primary N) is 1. The Balaban J connectivity index is 1.12. The summed E-state index contributed by atoms with van der Waals surface area (Å²) in [6, 6.07) is 8.58. The number of aliphatic carboxylic acids is 1. The van der Waals surface area contributed by atoms with Gasteiger partial charge in [-0.2, -0.15) is 52.7 Å². The number of nitrogens with zero attached hydrogens (tertiary/aromatic N) is 6. The van der Waals surface area contributed by atoms with Crippen molar-refractivity contribution in [2.45, 2.75) is 101 Å². The SMILES string of the molecule is Cc1ccccc1[C@H]1[C@@H]2CN(C(C(=O)O)C3[C@H]4CCN(C(=O)N(C)[C@H](C)c5cc(C(F)(F)F)cc(C(F)(F)F)c5)[C@@H](c5ccccc5C)[C@@H]4CN3CC(N)=O)C[C@H]2CCN1C(=O)N(C)[C@H](C)c1cc(C(F)(F)F)cc(C(F)(F)F)c1. The third-order valence-corrected chi connectivity index (χ3v) is 17.1. The third-order valence-electron chi connectivity index (χ3n) is 17.1. The van der Waals surface area contributed by atoms with Crippen LogP contribution in [0.2, 0.25) is 0 Å². The van der Waals surface area contributed by atoms with E-state index in [1.807, 2.05) is 13.0 Å². The summed E-state index contributed by atoms with van der Waals surface area (Å²) in [5, 5.41) is 11.5. The summed E-state index contributed by atoms with van der Waals surface area (Å²) in [5.41, 5.74) is 1.65. The van der Waals surface area contributed by atoms with E-state index in [1.165, 1.54) is 37.7 Å². The van der Waals surface area contributed by atoms with Crippen LogP contribution in [0.4, 0.5) is 62.3 Å². The number of hydrogen-bond acceptors (Lipinski definition) is 6. The predicted octanol–water partition coefficient (Wildman–Crippen LogP) is 11.6. The third kappa shape index (κ3) is 11.8. The average molecular weight is 1140 g/mol. The zero-order valence-corrected chi connectivity index (χ0v) is 44.4. The number of carboxylic acid groups (broad SMARTS) is 1. The first-order valence-electron chi connectivity index (χ1n) is 25.9. The maximum absolute atomic E-state index is 14.9. The number of benzene rings is 4. The van der Waals surface area contributed by atoms with E-state index in [0.717, 1.165) is 15.4 Å². The van der Waals surface area contributed by atoms with Gasteiger partial charge in [-0.25, -0.2) is 9.59 Å². The van der Waals surface area contributed by atoms with Crippen LogP contribution in [0.25, 0.3) is 0 Å². The molecule has 3 N–H and O–H groups in total. The quantitative estimate of drug-likeness (QED) is 0.143. The van der Waals surface area contributed by atoms with Crippen LogP contribution in [0.5, 0.6) is 0 Å². The molecule has 0 radical (unpaired) electrons. The number of carbonyl (C=O) groups is 4. The molecule has 12 nitrogen and oxygen atoms in total. The molecule has 0 aliphatic carbocycles. The minimum Gasteiger partial charge on any atom is -0.480 e. The molecule has 0 saturated carbocycles. The van der Waals surface area contributed by atoms with Crippen LogP contribution in [0.15, 0.2) is 84.9 Å². The topological polar surface area (TPSA) is 134 Å². The van der Waals surface area contributed by atoms with Gasteiger partial charge in [-0.15, -0.1) is 0 Å². The van der Waals surface area contributed by atoms with Gasteiger partial charge in [-0.1, -0.05) is 48.5 Å². The smallest absolute Gasteiger partial charge is 0.416 e. The highest BCUT2D eigenvalue weighted by molar-refractivity contribution is 5.79. The molecule has 4 aliphatic heterocycles. The molecule has 4 saturated heterocycles. The Hall–Kier alpha value is -6.56. The van der Waals surface area contributed by atoms with Crippen molar-refractivity contribution >= 4 is 23.9 Å². The molecule has 10 atom stereocenters. The van der Waals surface area contributed by atoms with Gasteiger partial charge in [0.25, 0.3) is 0 Å². The van der Waals surface area contributed by atoms with Crippen LogP contribution < -0.4 is 5.73 Å². The van der Waals surface area contributed by atoms with E-state index in [-0.39, 0.29) is 57.2 Å². The molecule has 8 rings (SSSR count). The number of carbonyl (C=O) groups excluding carboxylic acids is 3. The highest BCUT2D eigenvalue weighted by Crippen LogP contribution is 2.52. The molecule has 0 aromatic heterocycles. The standard InChI is InChI=1S/C56H61F12N7O5/c1-29-11-7-9-13-40(29)46-43-26-72(25-33(43)15-17-74(46)51(79)70(5)31(3)34-19-36(53(57,58)59)23-37(20-34)54(60,61)62)49(50(77)78)48-42-16-18-75(47(41-14-10-8-12-30(41)2)44(42)27-73(48)28-45(69)76)52(80)71(6)32(4)35-21-38(55(63,64)65)24-39(22-35)56(66,67)68/h7-14,19-24,31-33,42-44,46-49H,15-18,25-28H2,1-6H3,(H2,69,76)(H,77,78)/t31-,32-,33-,42+,43-,44-,46+,47+,48?,49?/m1/s1. The Kier molecular flexibility index (Phi) is 16.4. The molecule has 434 valence electrons. The number of aryl methyl sites for hydroxylation is 2. The highest BCUT2D eigenvalue weighted by atomic mass is 19.4. The van der Waals surface area contributed by atoms with Crippen molar-refractivity contribution in [1.82, 2.24) is 29.4 Å². The van der Waals surface area contributed by atoms with Crippen LogP contribution in [0, 0.1) is 37.5 Å². The van der Waals surface area contributed by atoms with E-state index >= 15 is 0 Å².